The molecule has 0 aliphatic carbocycles. The van der Waals surface area contributed by atoms with Crippen molar-refractivity contribution < 1.29 is 17.9 Å². The van der Waals surface area contributed by atoms with Crippen molar-refractivity contribution in [2.75, 3.05) is 50.4 Å². The lowest BCUT2D eigenvalue weighted by atomic mass is 10.2. The van der Waals surface area contributed by atoms with Crippen LogP contribution in [0.15, 0.2) is 47.6 Å². The van der Waals surface area contributed by atoms with Gasteiger partial charge in [0, 0.05) is 45.7 Å². The van der Waals surface area contributed by atoms with E-state index in [1.165, 1.54) is 6.33 Å². The summed E-state index contributed by atoms with van der Waals surface area (Å²) in [4.78, 5) is 10.9. The van der Waals surface area contributed by atoms with Crippen LogP contribution in [-0.4, -0.2) is 58.6 Å². The Hall–Kier alpha value is -2.91. The Kier molecular flexibility index (Phi) is 7.29. The van der Waals surface area contributed by atoms with Crippen LogP contribution in [0.1, 0.15) is 13.3 Å². The van der Waals surface area contributed by atoms with Crippen molar-refractivity contribution >= 4 is 37.9 Å². The van der Waals surface area contributed by atoms with Crippen molar-refractivity contribution in [3.8, 4) is 5.75 Å². The predicted molar refractivity (Wildman–Crippen MR) is 123 cm³/mol. The Morgan fingerprint density at radius 3 is 2.58 bits per heavy atom. The molecule has 31 heavy (non-hydrogen) atoms. The normalized spacial score (nSPS) is 11.5. The first-order valence-corrected chi connectivity index (χ1v) is 11.7. The summed E-state index contributed by atoms with van der Waals surface area (Å²) in [5, 5.41) is 4.10. The standard InChI is InChI=1S/C22H28N4O4S/c1-5-31(27,28)17-8-10-21(26(2)3)20(14-17)25-22-18-9-7-16(30-12-6-11-29-4)13-19(18)23-15-24-22/h7-10,13-15H,5-6,11-12H2,1-4H3,(H,23,24,25). The third kappa shape index (κ3) is 5.42. The average Bonchev–Trinajstić information content (AvgIpc) is 2.76. The number of nitrogens with one attached hydrogen (secondary N) is 1. The Bertz CT molecular complexity index is 1150. The number of nitrogens with zero attached hydrogens (tertiary/aromatic N) is 3. The largest absolute Gasteiger partial charge is 0.493 e. The van der Waals surface area contributed by atoms with Crippen LogP contribution in [-0.2, 0) is 14.6 Å². The number of rotatable bonds is 10. The smallest absolute Gasteiger partial charge is 0.178 e. The molecule has 166 valence electrons. The summed E-state index contributed by atoms with van der Waals surface area (Å²) < 4.78 is 35.5. The predicted octanol–water partition coefficient (Wildman–Crippen LogP) is 3.65. The Labute approximate surface area is 183 Å². The van der Waals surface area contributed by atoms with Gasteiger partial charge in [-0.3, -0.25) is 0 Å². The number of benzene rings is 2. The minimum Gasteiger partial charge on any atom is -0.493 e. The summed E-state index contributed by atoms with van der Waals surface area (Å²) in [7, 11) is 2.13. The third-order valence-corrected chi connectivity index (χ3v) is 6.54. The SMILES string of the molecule is CCS(=O)(=O)c1ccc(N(C)C)c(Nc2ncnc3cc(OCCCOC)ccc23)c1. The molecule has 3 rings (SSSR count). The molecule has 2 aromatic carbocycles. The molecular formula is C22H28N4O4S. The number of sulfone groups is 1. The van der Waals surface area contributed by atoms with Crippen molar-refractivity contribution in [1.29, 1.82) is 0 Å². The molecule has 0 saturated heterocycles. The zero-order valence-corrected chi connectivity index (χ0v) is 19.1. The number of hydrogen-bond donors (Lipinski definition) is 1. The molecule has 0 saturated carbocycles. The van der Waals surface area contributed by atoms with Gasteiger partial charge in [0.15, 0.2) is 9.84 Å². The van der Waals surface area contributed by atoms with E-state index in [9.17, 15) is 8.42 Å². The van der Waals surface area contributed by atoms with Gasteiger partial charge in [0.25, 0.3) is 0 Å². The van der Waals surface area contributed by atoms with Crippen LogP contribution in [0.4, 0.5) is 17.2 Å². The highest BCUT2D eigenvalue weighted by Gasteiger charge is 2.16. The molecule has 0 bridgehead atoms. The maximum absolute atomic E-state index is 12.4. The molecule has 1 heterocycles. The van der Waals surface area contributed by atoms with Gasteiger partial charge in [-0.05, 0) is 30.3 Å². The van der Waals surface area contributed by atoms with Gasteiger partial charge in [-0.1, -0.05) is 6.92 Å². The van der Waals surface area contributed by atoms with Gasteiger partial charge in [-0.25, -0.2) is 18.4 Å². The van der Waals surface area contributed by atoms with Crippen molar-refractivity contribution in [2.24, 2.45) is 0 Å². The second kappa shape index (κ2) is 9.93. The van der Waals surface area contributed by atoms with Crippen LogP contribution in [0.5, 0.6) is 5.75 Å². The molecule has 1 aromatic heterocycles. The second-order valence-electron chi connectivity index (χ2n) is 7.20. The fraction of sp³-hybridized carbons (Fsp3) is 0.364. The van der Waals surface area contributed by atoms with Crippen LogP contribution in [0.2, 0.25) is 0 Å². The number of aromatic nitrogens is 2. The van der Waals surface area contributed by atoms with Gasteiger partial charge in [-0.2, -0.15) is 0 Å². The van der Waals surface area contributed by atoms with E-state index < -0.39 is 9.84 Å². The second-order valence-corrected chi connectivity index (χ2v) is 9.48. The molecule has 0 unspecified atom stereocenters. The molecule has 0 amide bonds. The summed E-state index contributed by atoms with van der Waals surface area (Å²) in [6, 6.07) is 10.7. The van der Waals surface area contributed by atoms with Crippen molar-refractivity contribution in [3.05, 3.63) is 42.7 Å². The van der Waals surface area contributed by atoms with Crippen LogP contribution in [0.25, 0.3) is 10.9 Å². The summed E-state index contributed by atoms with van der Waals surface area (Å²) >= 11 is 0. The van der Waals surface area contributed by atoms with Crippen LogP contribution in [0, 0.1) is 0 Å². The van der Waals surface area contributed by atoms with Gasteiger partial charge in [0.2, 0.25) is 0 Å². The summed E-state index contributed by atoms with van der Waals surface area (Å²) in [5.41, 5.74) is 2.23. The lowest BCUT2D eigenvalue weighted by Crippen LogP contribution is -2.13. The first-order chi connectivity index (χ1) is 14.9. The monoisotopic (exact) mass is 444 g/mol. The number of ether oxygens (including phenoxy) is 2. The van der Waals surface area contributed by atoms with Gasteiger partial charge in [0.05, 0.1) is 34.1 Å². The maximum atomic E-state index is 12.4. The van der Waals surface area contributed by atoms with Gasteiger partial charge < -0.3 is 19.7 Å². The average molecular weight is 445 g/mol. The Morgan fingerprint density at radius 1 is 1.06 bits per heavy atom. The molecular weight excluding hydrogens is 416 g/mol. The first-order valence-electron chi connectivity index (χ1n) is 10.0. The van der Waals surface area contributed by atoms with Crippen LogP contribution in [0.3, 0.4) is 0 Å². The van der Waals surface area contributed by atoms with E-state index in [4.69, 9.17) is 9.47 Å². The molecule has 0 fully saturated rings. The highest BCUT2D eigenvalue weighted by molar-refractivity contribution is 7.91. The van der Waals surface area contributed by atoms with E-state index in [1.807, 2.05) is 37.2 Å². The molecule has 0 spiro atoms. The van der Waals surface area contributed by atoms with E-state index in [0.717, 1.165) is 28.8 Å². The zero-order valence-electron chi connectivity index (χ0n) is 18.3. The lowest BCUT2D eigenvalue weighted by Gasteiger charge is -2.20. The van der Waals surface area contributed by atoms with Gasteiger partial charge in [0.1, 0.15) is 17.9 Å². The minimum atomic E-state index is -3.33. The Balaban J connectivity index is 1.94. The molecule has 0 aliphatic rings. The maximum Gasteiger partial charge on any atom is 0.178 e. The fourth-order valence-corrected chi connectivity index (χ4v) is 4.02. The van der Waals surface area contributed by atoms with Crippen molar-refractivity contribution in [3.63, 3.8) is 0 Å². The summed E-state index contributed by atoms with van der Waals surface area (Å²) in [5.74, 6) is 1.35. The molecule has 0 atom stereocenters. The molecule has 1 N–H and O–H groups in total. The lowest BCUT2D eigenvalue weighted by molar-refractivity contribution is 0.172. The van der Waals surface area contributed by atoms with E-state index >= 15 is 0 Å². The fourth-order valence-electron chi connectivity index (χ4n) is 3.11. The number of fused-ring (bicyclic) bond motifs is 1. The quantitative estimate of drug-likeness (QED) is 0.474. The first kappa shape index (κ1) is 22.8. The molecule has 9 heteroatoms. The highest BCUT2D eigenvalue weighted by Crippen LogP contribution is 2.33. The van der Waals surface area contributed by atoms with Crippen LogP contribution >= 0.6 is 0 Å². The molecule has 0 aliphatic heterocycles. The topological polar surface area (TPSA) is 93.7 Å². The molecule has 3 aromatic rings. The summed E-state index contributed by atoms with van der Waals surface area (Å²) in [6.07, 6.45) is 2.27. The number of methoxy groups -OCH3 is 1. The van der Waals surface area contributed by atoms with Crippen molar-refractivity contribution in [2.45, 2.75) is 18.2 Å². The highest BCUT2D eigenvalue weighted by atomic mass is 32.2. The molecule has 0 radical (unpaired) electrons. The van der Waals surface area contributed by atoms with E-state index in [1.54, 1.807) is 32.2 Å². The van der Waals surface area contributed by atoms with Gasteiger partial charge >= 0.3 is 0 Å². The van der Waals surface area contributed by atoms with Gasteiger partial charge in [-0.15, -0.1) is 0 Å². The minimum absolute atomic E-state index is 0.0390. The summed E-state index contributed by atoms with van der Waals surface area (Å²) in [6.45, 7) is 2.83. The van der Waals surface area contributed by atoms with Crippen LogP contribution < -0.4 is 15.0 Å². The number of hydrogen-bond acceptors (Lipinski definition) is 8. The zero-order chi connectivity index (χ0) is 22.4. The number of anilines is 3. The van der Waals surface area contributed by atoms with E-state index in [-0.39, 0.29) is 10.6 Å². The third-order valence-electron chi connectivity index (χ3n) is 4.81. The molecule has 8 nitrogen and oxygen atoms in total. The van der Waals surface area contributed by atoms with E-state index in [2.05, 4.69) is 15.3 Å². The van der Waals surface area contributed by atoms with E-state index in [0.29, 0.717) is 24.7 Å². The van der Waals surface area contributed by atoms with Crippen molar-refractivity contribution in [1.82, 2.24) is 9.97 Å². The Morgan fingerprint density at radius 2 is 1.87 bits per heavy atom.